The minimum Gasteiger partial charge on any atom is -0.463 e. The summed E-state index contributed by atoms with van der Waals surface area (Å²) in [7, 11) is -2.60. The number of hydrogen-bond acceptors (Lipinski definition) is 4. The van der Waals surface area contributed by atoms with Gasteiger partial charge in [-0.05, 0) is 42.1 Å². The minimum absolute atomic E-state index is 0.0610. The molecule has 2 bridgehead atoms. The van der Waals surface area contributed by atoms with Crippen LogP contribution < -0.4 is 10.4 Å². The van der Waals surface area contributed by atoms with Crippen molar-refractivity contribution in [2.45, 2.75) is 70.6 Å². The zero-order chi connectivity index (χ0) is 23.3. The van der Waals surface area contributed by atoms with Crippen molar-refractivity contribution in [2.75, 3.05) is 13.2 Å². The maximum atomic E-state index is 11.4. The first-order valence-electron chi connectivity index (χ1n) is 11.5. The topological polar surface area (TPSA) is 44.8 Å². The monoisotopic (exact) mass is 452 g/mol. The van der Waals surface area contributed by atoms with Gasteiger partial charge in [0.25, 0.3) is 8.32 Å². The van der Waals surface area contributed by atoms with E-state index in [-0.39, 0.29) is 27.6 Å². The molecule has 3 fully saturated rings. The number of carbonyl (C=O) groups is 1. The molecule has 2 aromatic carbocycles. The summed E-state index contributed by atoms with van der Waals surface area (Å²) in [5, 5.41) is 2.52. The Hall–Kier alpha value is -1.95. The van der Waals surface area contributed by atoms with E-state index in [1.165, 1.54) is 17.3 Å². The van der Waals surface area contributed by atoms with Gasteiger partial charge in [-0.3, -0.25) is 4.79 Å². The van der Waals surface area contributed by atoms with Crippen molar-refractivity contribution in [3.05, 3.63) is 60.7 Å². The van der Waals surface area contributed by atoms with Crippen molar-refractivity contribution in [2.24, 2.45) is 5.41 Å². The number of benzene rings is 2. The highest BCUT2D eigenvalue weighted by Crippen LogP contribution is 2.66. The van der Waals surface area contributed by atoms with Crippen LogP contribution in [0.25, 0.3) is 0 Å². The average molecular weight is 453 g/mol. The van der Waals surface area contributed by atoms with Crippen molar-refractivity contribution in [1.82, 2.24) is 0 Å². The van der Waals surface area contributed by atoms with Gasteiger partial charge < -0.3 is 13.9 Å². The first-order valence-corrected chi connectivity index (χ1v) is 13.4. The van der Waals surface area contributed by atoms with Gasteiger partial charge in [0.15, 0.2) is 0 Å². The molecule has 5 heteroatoms. The number of fused-ring (bicyclic) bond motifs is 1. The maximum Gasteiger partial charge on any atom is 0.302 e. The lowest BCUT2D eigenvalue weighted by molar-refractivity contribution is -0.155. The molecule has 4 nitrogen and oxygen atoms in total. The predicted octanol–water partition coefficient (Wildman–Crippen LogP) is 4.45. The van der Waals surface area contributed by atoms with Crippen molar-refractivity contribution < 1.29 is 18.7 Å². The summed E-state index contributed by atoms with van der Waals surface area (Å²) >= 11 is 0. The molecule has 2 heterocycles. The first-order chi connectivity index (χ1) is 15.0. The van der Waals surface area contributed by atoms with Crippen molar-refractivity contribution in [3.8, 4) is 0 Å². The second kappa shape index (κ2) is 7.82. The molecule has 0 aromatic heterocycles. The van der Waals surface area contributed by atoms with Crippen LogP contribution in [0, 0.1) is 5.41 Å². The highest BCUT2D eigenvalue weighted by molar-refractivity contribution is 6.99. The summed E-state index contributed by atoms with van der Waals surface area (Å²) in [5.41, 5.74) is -0.789. The van der Waals surface area contributed by atoms with Gasteiger partial charge in [-0.2, -0.15) is 0 Å². The number of carbonyl (C=O) groups excluding carboxylic acids is 1. The van der Waals surface area contributed by atoms with Crippen LogP contribution in [0.1, 0.15) is 54.4 Å². The summed E-state index contributed by atoms with van der Waals surface area (Å²) < 4.78 is 19.1. The maximum absolute atomic E-state index is 11.4. The molecule has 0 radical (unpaired) electrons. The van der Waals surface area contributed by atoms with Gasteiger partial charge >= 0.3 is 5.97 Å². The van der Waals surface area contributed by atoms with Crippen LogP contribution >= 0.6 is 0 Å². The fourth-order valence-electron chi connectivity index (χ4n) is 5.98. The van der Waals surface area contributed by atoms with Crippen molar-refractivity contribution in [1.29, 1.82) is 0 Å². The number of esters is 1. The Morgan fingerprint density at radius 2 is 1.44 bits per heavy atom. The molecule has 5 rings (SSSR count). The van der Waals surface area contributed by atoms with Gasteiger partial charge in [-0.15, -0.1) is 0 Å². The van der Waals surface area contributed by atoms with Crippen LogP contribution in [0.2, 0.25) is 5.04 Å². The fourth-order valence-corrected chi connectivity index (χ4v) is 10.6. The van der Waals surface area contributed by atoms with Crippen LogP contribution in [0.15, 0.2) is 60.7 Å². The third-order valence-electron chi connectivity index (χ3n) is 7.59. The van der Waals surface area contributed by atoms with Crippen molar-refractivity contribution in [3.63, 3.8) is 0 Å². The molecule has 2 aromatic rings. The Labute approximate surface area is 193 Å². The smallest absolute Gasteiger partial charge is 0.302 e. The van der Waals surface area contributed by atoms with Gasteiger partial charge in [-0.1, -0.05) is 81.4 Å². The van der Waals surface area contributed by atoms with E-state index >= 15 is 0 Å². The van der Waals surface area contributed by atoms with Gasteiger partial charge in [0.05, 0.1) is 5.60 Å². The summed E-state index contributed by atoms with van der Waals surface area (Å²) in [4.78, 5) is 11.4. The van der Waals surface area contributed by atoms with Gasteiger partial charge in [-0.25, -0.2) is 0 Å². The highest BCUT2D eigenvalue weighted by Gasteiger charge is 2.72. The molecule has 1 saturated carbocycles. The molecular weight excluding hydrogens is 416 g/mol. The summed E-state index contributed by atoms with van der Waals surface area (Å²) in [6.45, 7) is 13.6. The normalized spacial score (nSPS) is 26.4. The van der Waals surface area contributed by atoms with Gasteiger partial charge in [0, 0.05) is 18.9 Å². The quantitative estimate of drug-likeness (QED) is 0.460. The standard InChI is InChI=1S/C27H36O4Si/c1-21(28)29-20-27-17-26(18-27,25(5,6)31-27)19-30-32(24(2,3)4,22-13-9-7-10-14-22)23-15-11-8-12-16-23/h7-16H,17-20H2,1-6H3. The summed E-state index contributed by atoms with van der Waals surface area (Å²) in [6.07, 6.45) is 1.72. The average Bonchev–Trinajstić information content (AvgIpc) is 3.07. The van der Waals surface area contributed by atoms with Crippen LogP contribution in [-0.4, -0.2) is 38.7 Å². The van der Waals surface area contributed by atoms with E-state index in [9.17, 15) is 4.79 Å². The van der Waals surface area contributed by atoms with E-state index < -0.39 is 8.32 Å². The predicted molar refractivity (Wildman–Crippen MR) is 130 cm³/mol. The Morgan fingerprint density at radius 3 is 1.88 bits per heavy atom. The number of rotatable bonds is 7. The lowest BCUT2D eigenvalue weighted by atomic mass is 9.57. The molecule has 32 heavy (non-hydrogen) atoms. The molecule has 1 aliphatic carbocycles. The first kappa shape index (κ1) is 23.2. The van der Waals surface area contributed by atoms with E-state index in [0.717, 1.165) is 12.8 Å². The third-order valence-corrected chi connectivity index (χ3v) is 12.6. The molecule has 0 unspecified atom stereocenters. The third kappa shape index (κ3) is 3.64. The van der Waals surface area contributed by atoms with Crippen molar-refractivity contribution >= 4 is 24.7 Å². The molecule has 2 aliphatic heterocycles. The molecule has 3 aliphatic rings. The van der Waals surface area contributed by atoms with E-state index in [0.29, 0.717) is 13.2 Å². The summed E-state index contributed by atoms with van der Waals surface area (Å²) in [6, 6.07) is 21.5. The van der Waals surface area contributed by atoms with E-state index in [4.69, 9.17) is 13.9 Å². The summed E-state index contributed by atoms with van der Waals surface area (Å²) in [5.74, 6) is -0.256. The van der Waals surface area contributed by atoms with Crippen LogP contribution in [0.4, 0.5) is 0 Å². The zero-order valence-electron chi connectivity index (χ0n) is 20.2. The van der Waals surface area contributed by atoms with Gasteiger partial charge in [0.2, 0.25) is 0 Å². The SMILES string of the molecule is CC(=O)OCC12CC(CO[Si](c3ccccc3)(c3ccccc3)C(C)(C)C)(C1)C(C)(C)O2. The lowest BCUT2D eigenvalue weighted by Gasteiger charge is -2.50. The van der Waals surface area contributed by atoms with Crippen LogP contribution in [0.3, 0.4) is 0 Å². The molecule has 0 atom stereocenters. The van der Waals surface area contributed by atoms with E-state index in [1.54, 1.807) is 0 Å². The molecule has 0 amide bonds. The molecule has 0 N–H and O–H groups in total. The highest BCUT2D eigenvalue weighted by atomic mass is 28.4. The Morgan fingerprint density at radius 1 is 0.938 bits per heavy atom. The van der Waals surface area contributed by atoms with E-state index in [1.807, 2.05) is 0 Å². The molecule has 2 saturated heterocycles. The largest absolute Gasteiger partial charge is 0.463 e. The Kier molecular flexibility index (Phi) is 5.67. The van der Waals surface area contributed by atoms with Crippen LogP contribution in [-0.2, 0) is 18.7 Å². The second-order valence-corrected chi connectivity index (χ2v) is 15.5. The number of hydrogen-bond donors (Lipinski definition) is 0. The number of ether oxygens (including phenoxy) is 2. The molecular formula is C27H36O4Si. The van der Waals surface area contributed by atoms with Crippen LogP contribution in [0.5, 0.6) is 0 Å². The zero-order valence-corrected chi connectivity index (χ0v) is 21.2. The molecule has 172 valence electrons. The second-order valence-electron chi connectivity index (χ2n) is 11.2. The fraction of sp³-hybridized carbons (Fsp3) is 0.519. The Bertz CT molecular complexity index is 917. The lowest BCUT2D eigenvalue weighted by Crippen LogP contribution is -2.68. The molecule has 0 spiro atoms. The minimum atomic E-state index is -2.60. The van der Waals surface area contributed by atoms with E-state index in [2.05, 4.69) is 95.3 Å². The van der Waals surface area contributed by atoms with Gasteiger partial charge in [0.1, 0.15) is 12.2 Å². The Balaban J connectivity index is 1.69.